The van der Waals surface area contributed by atoms with Crippen LogP contribution in [0, 0.1) is 0 Å². The van der Waals surface area contributed by atoms with Gasteiger partial charge in [0.2, 0.25) is 5.91 Å². The zero-order valence-corrected chi connectivity index (χ0v) is 21.7. The lowest BCUT2D eigenvalue weighted by Crippen LogP contribution is -2.34. The van der Waals surface area contributed by atoms with Gasteiger partial charge in [0.25, 0.3) is 5.91 Å². The summed E-state index contributed by atoms with van der Waals surface area (Å²) in [6.45, 7) is 5.95. The number of benzene rings is 2. The number of carbonyl (C=O) groups is 3. The molecule has 0 bridgehead atoms. The molecule has 9 nitrogen and oxygen atoms in total. The summed E-state index contributed by atoms with van der Waals surface area (Å²) in [5, 5.41) is 2.84. The number of unbranched alkanes of at least 4 members (excludes halogenated alkanes) is 3. The number of para-hydroxylation sites is 1. The van der Waals surface area contributed by atoms with E-state index in [9.17, 15) is 14.4 Å². The van der Waals surface area contributed by atoms with Gasteiger partial charge in [0.1, 0.15) is 6.61 Å². The number of nitrogens with one attached hydrogen (secondary N) is 2. The number of carbonyl (C=O) groups excluding carboxylic acids is 3. The van der Waals surface area contributed by atoms with Gasteiger partial charge in [0, 0.05) is 18.5 Å². The third-order valence-corrected chi connectivity index (χ3v) is 6.19. The summed E-state index contributed by atoms with van der Waals surface area (Å²) in [5.74, 6) is -0.431. The highest BCUT2D eigenvalue weighted by Gasteiger charge is 2.43. The number of hydroxylamine groups is 1. The molecule has 1 aliphatic rings. The van der Waals surface area contributed by atoms with Crippen LogP contribution in [0.25, 0.3) is 0 Å². The van der Waals surface area contributed by atoms with Crippen LogP contribution in [0.15, 0.2) is 54.6 Å². The first-order chi connectivity index (χ1) is 17.7. The first kappa shape index (κ1) is 28.2. The Labute approximate surface area is 218 Å². The van der Waals surface area contributed by atoms with Crippen molar-refractivity contribution >= 4 is 36.2 Å². The summed E-state index contributed by atoms with van der Waals surface area (Å²) >= 11 is 0. The van der Waals surface area contributed by atoms with Crippen LogP contribution in [0.5, 0.6) is 0 Å². The smallest absolute Gasteiger partial charge is 0.428 e. The molecular formula is C27H35BN2O7. The summed E-state index contributed by atoms with van der Waals surface area (Å²) in [6.07, 6.45) is 2.61. The van der Waals surface area contributed by atoms with E-state index in [0.29, 0.717) is 12.8 Å². The van der Waals surface area contributed by atoms with Crippen LogP contribution in [0.4, 0.5) is 10.5 Å². The molecule has 3 rings (SSSR count). The maximum atomic E-state index is 11.9. The van der Waals surface area contributed by atoms with Gasteiger partial charge in [-0.1, -0.05) is 55.3 Å². The van der Waals surface area contributed by atoms with E-state index >= 15 is 0 Å². The van der Waals surface area contributed by atoms with Crippen molar-refractivity contribution in [3.8, 4) is 0 Å². The molecule has 1 fully saturated rings. The van der Waals surface area contributed by atoms with Crippen LogP contribution in [-0.4, -0.2) is 36.8 Å². The SMILES string of the molecule is CC1OB(c2ccc(COC(=O)ONC(=O)CCCCCCC(=O)Nc3ccccc3)cc2)OC1(C)C. The molecule has 0 aliphatic carbocycles. The number of rotatable bonds is 11. The second-order valence-corrected chi connectivity index (χ2v) is 9.57. The number of amides is 2. The average molecular weight is 510 g/mol. The number of hydrogen-bond acceptors (Lipinski definition) is 7. The number of ether oxygens (including phenoxy) is 1. The maximum Gasteiger partial charge on any atom is 0.533 e. The van der Waals surface area contributed by atoms with Gasteiger partial charge >= 0.3 is 13.3 Å². The Balaban J connectivity index is 1.22. The van der Waals surface area contributed by atoms with Gasteiger partial charge in [-0.3, -0.25) is 9.59 Å². The van der Waals surface area contributed by atoms with Crippen molar-refractivity contribution in [2.75, 3.05) is 5.32 Å². The van der Waals surface area contributed by atoms with Crippen molar-refractivity contribution in [2.45, 2.75) is 77.6 Å². The maximum absolute atomic E-state index is 11.9. The van der Waals surface area contributed by atoms with E-state index in [1.54, 1.807) is 0 Å². The highest BCUT2D eigenvalue weighted by Crippen LogP contribution is 2.26. The van der Waals surface area contributed by atoms with Crippen LogP contribution in [-0.2, 0) is 35.1 Å². The Morgan fingerprint density at radius 3 is 2.19 bits per heavy atom. The highest BCUT2D eigenvalue weighted by atomic mass is 16.8. The van der Waals surface area contributed by atoms with Crippen LogP contribution in [0.3, 0.4) is 0 Å². The molecule has 2 aromatic rings. The van der Waals surface area contributed by atoms with Crippen LogP contribution in [0.2, 0.25) is 0 Å². The quantitative estimate of drug-likeness (QED) is 0.201. The lowest BCUT2D eigenvalue weighted by Gasteiger charge is -2.21. The van der Waals surface area contributed by atoms with Gasteiger partial charge in [0.05, 0.1) is 11.7 Å². The molecule has 2 amide bonds. The lowest BCUT2D eigenvalue weighted by atomic mass is 9.79. The summed E-state index contributed by atoms with van der Waals surface area (Å²) in [4.78, 5) is 40.2. The van der Waals surface area contributed by atoms with Gasteiger partial charge < -0.3 is 24.2 Å². The van der Waals surface area contributed by atoms with Crippen LogP contribution >= 0.6 is 0 Å². The molecule has 1 unspecified atom stereocenters. The molecule has 1 saturated heterocycles. The molecule has 1 aliphatic heterocycles. The lowest BCUT2D eigenvalue weighted by molar-refractivity contribution is -0.131. The summed E-state index contributed by atoms with van der Waals surface area (Å²) in [6, 6.07) is 16.7. The fourth-order valence-corrected chi connectivity index (χ4v) is 3.66. The molecule has 0 aromatic heterocycles. The van der Waals surface area contributed by atoms with Crippen molar-refractivity contribution < 1.29 is 33.3 Å². The molecule has 1 heterocycles. The third-order valence-electron chi connectivity index (χ3n) is 6.19. The number of hydrogen-bond donors (Lipinski definition) is 2. The second kappa shape index (κ2) is 13.8. The van der Waals surface area contributed by atoms with Crippen molar-refractivity contribution in [2.24, 2.45) is 0 Å². The van der Waals surface area contributed by atoms with Gasteiger partial charge in [-0.25, -0.2) is 4.79 Å². The Morgan fingerprint density at radius 2 is 1.57 bits per heavy atom. The van der Waals surface area contributed by atoms with Gasteiger partial charge in [-0.15, -0.1) is 0 Å². The second-order valence-electron chi connectivity index (χ2n) is 9.57. The van der Waals surface area contributed by atoms with E-state index < -0.39 is 19.2 Å². The average Bonchev–Trinajstić information content (AvgIpc) is 3.16. The predicted molar refractivity (Wildman–Crippen MR) is 140 cm³/mol. The molecule has 10 heteroatoms. The predicted octanol–water partition coefficient (Wildman–Crippen LogP) is 4.26. The zero-order valence-electron chi connectivity index (χ0n) is 21.7. The van der Waals surface area contributed by atoms with E-state index in [4.69, 9.17) is 14.0 Å². The molecule has 2 N–H and O–H groups in total. The normalized spacial score (nSPS) is 16.2. The molecule has 0 spiro atoms. The highest BCUT2D eigenvalue weighted by molar-refractivity contribution is 6.62. The van der Waals surface area contributed by atoms with E-state index in [2.05, 4.69) is 15.6 Å². The minimum Gasteiger partial charge on any atom is -0.428 e. The van der Waals surface area contributed by atoms with E-state index in [1.165, 1.54) is 0 Å². The minimum atomic E-state index is -0.986. The molecule has 198 valence electrons. The van der Waals surface area contributed by atoms with Gasteiger partial charge in [0.15, 0.2) is 0 Å². The Bertz CT molecular complexity index is 1030. The number of anilines is 1. The summed E-state index contributed by atoms with van der Waals surface area (Å²) < 4.78 is 16.8. The molecule has 37 heavy (non-hydrogen) atoms. The van der Waals surface area contributed by atoms with Crippen molar-refractivity contribution in [1.82, 2.24) is 5.48 Å². The van der Waals surface area contributed by atoms with E-state index in [0.717, 1.165) is 36.0 Å². The largest absolute Gasteiger partial charge is 0.533 e. The van der Waals surface area contributed by atoms with E-state index in [-0.39, 0.29) is 30.6 Å². The first-order valence-electron chi connectivity index (χ1n) is 12.6. The van der Waals surface area contributed by atoms with Crippen molar-refractivity contribution in [1.29, 1.82) is 0 Å². The molecule has 2 aromatic carbocycles. The molecule has 1 atom stereocenters. The fourth-order valence-electron chi connectivity index (χ4n) is 3.66. The topological polar surface area (TPSA) is 112 Å². The van der Waals surface area contributed by atoms with Gasteiger partial charge in [-0.2, -0.15) is 5.48 Å². The Kier molecular flexibility index (Phi) is 10.5. The van der Waals surface area contributed by atoms with Crippen LogP contribution in [0.1, 0.15) is 64.9 Å². The standard InChI is InChI=1S/C27H35BN2O7/c1-20-27(2,3)37-28(35-20)22-17-15-21(16-18-22)19-34-26(33)36-30-25(32)14-10-5-4-9-13-24(31)29-23-11-7-6-8-12-23/h6-8,11-12,15-18,20H,4-5,9-10,13-14,19H2,1-3H3,(H,29,31)(H,30,32). The Morgan fingerprint density at radius 1 is 0.919 bits per heavy atom. The zero-order chi connectivity index (χ0) is 26.7. The summed E-state index contributed by atoms with van der Waals surface area (Å²) in [5.41, 5.74) is 4.16. The molecular weight excluding hydrogens is 475 g/mol. The fraction of sp³-hybridized carbons (Fsp3) is 0.444. The summed E-state index contributed by atoms with van der Waals surface area (Å²) in [7, 11) is -0.431. The van der Waals surface area contributed by atoms with Gasteiger partial charge in [-0.05, 0) is 56.8 Å². The monoisotopic (exact) mass is 510 g/mol. The minimum absolute atomic E-state index is 0.00110. The molecule has 0 radical (unpaired) electrons. The van der Waals surface area contributed by atoms with Crippen molar-refractivity contribution in [3.63, 3.8) is 0 Å². The molecule has 0 saturated carbocycles. The van der Waals surface area contributed by atoms with Crippen molar-refractivity contribution in [3.05, 3.63) is 60.2 Å². The van der Waals surface area contributed by atoms with E-state index in [1.807, 2.05) is 75.4 Å². The van der Waals surface area contributed by atoms with Crippen LogP contribution < -0.4 is 16.3 Å². The third kappa shape index (κ3) is 9.55. The first-order valence-corrected chi connectivity index (χ1v) is 12.6. The Hall–Kier alpha value is -3.37.